The minimum atomic E-state index is 0. The molecule has 0 aromatic carbocycles. The summed E-state index contributed by atoms with van der Waals surface area (Å²) in [5, 5.41) is 0. The Hall–Kier alpha value is -0.666. The molecule has 0 aliphatic carbocycles. The SMILES string of the molecule is [Y].[c-]1ncccc1-c1[c-]ncnc1. The topological polar surface area (TPSA) is 38.7 Å². The fourth-order valence-electron chi connectivity index (χ4n) is 0.875. The standard InChI is InChI=1S/C9H5N3.Y/c1-2-8(4-10-3-1)9-5-11-7-12-6-9;/h1-3,5,7H;/q-2;. The van der Waals surface area contributed by atoms with Crippen molar-refractivity contribution in [1.82, 2.24) is 15.0 Å². The summed E-state index contributed by atoms with van der Waals surface area (Å²) in [4.78, 5) is 11.5. The minimum absolute atomic E-state index is 0. The van der Waals surface area contributed by atoms with Gasteiger partial charge in [0, 0.05) is 39.0 Å². The van der Waals surface area contributed by atoms with Crippen molar-refractivity contribution in [2.75, 3.05) is 0 Å². The molecule has 2 rings (SSSR count). The second kappa shape index (κ2) is 5.15. The van der Waals surface area contributed by atoms with Crippen molar-refractivity contribution >= 4 is 0 Å². The van der Waals surface area contributed by atoms with Gasteiger partial charge < -0.3 is 15.0 Å². The monoisotopic (exact) mass is 244 g/mol. The van der Waals surface area contributed by atoms with E-state index in [1.54, 1.807) is 12.4 Å². The summed E-state index contributed by atoms with van der Waals surface area (Å²) in [6.45, 7) is 0. The van der Waals surface area contributed by atoms with Crippen LogP contribution in [0.5, 0.6) is 0 Å². The number of nitrogens with zero attached hydrogens (tertiary/aromatic N) is 3. The fourth-order valence-corrected chi connectivity index (χ4v) is 0.875. The Balaban J connectivity index is 0.000000845. The molecule has 61 valence electrons. The third-order valence-electron chi connectivity index (χ3n) is 1.41. The molecule has 4 heteroatoms. The molecule has 0 spiro atoms. The van der Waals surface area contributed by atoms with Crippen LogP contribution in [0.2, 0.25) is 0 Å². The summed E-state index contributed by atoms with van der Waals surface area (Å²) in [5.41, 5.74) is 1.67. The van der Waals surface area contributed by atoms with Gasteiger partial charge in [-0.1, -0.05) is 24.8 Å². The van der Waals surface area contributed by atoms with E-state index in [0.29, 0.717) is 0 Å². The molecule has 0 atom stereocenters. The van der Waals surface area contributed by atoms with Gasteiger partial charge in [0.05, 0.1) is 0 Å². The van der Waals surface area contributed by atoms with Crippen molar-refractivity contribution in [3.8, 4) is 11.1 Å². The first-order valence-corrected chi connectivity index (χ1v) is 3.47. The molecule has 0 saturated carbocycles. The molecule has 2 aromatic rings. The van der Waals surface area contributed by atoms with Gasteiger partial charge in [-0.2, -0.15) is 11.6 Å². The van der Waals surface area contributed by atoms with Crippen LogP contribution in [-0.4, -0.2) is 15.0 Å². The Morgan fingerprint density at radius 1 is 1.08 bits per heavy atom. The predicted molar refractivity (Wildman–Crippen MR) is 42.9 cm³/mol. The zero-order chi connectivity index (χ0) is 8.23. The minimum Gasteiger partial charge on any atom is -0.371 e. The van der Waals surface area contributed by atoms with Crippen LogP contribution in [0.1, 0.15) is 0 Å². The van der Waals surface area contributed by atoms with Gasteiger partial charge in [-0.25, -0.2) is 5.56 Å². The number of rotatable bonds is 1. The maximum Gasteiger partial charge on any atom is 0.0270 e. The third kappa shape index (κ3) is 2.64. The van der Waals surface area contributed by atoms with Crippen molar-refractivity contribution in [1.29, 1.82) is 0 Å². The van der Waals surface area contributed by atoms with E-state index in [1.165, 1.54) is 6.33 Å². The van der Waals surface area contributed by atoms with Crippen LogP contribution >= 0.6 is 0 Å². The predicted octanol–water partition coefficient (Wildman–Crippen LogP) is 1.14. The number of pyridine rings is 1. The van der Waals surface area contributed by atoms with E-state index in [1.807, 2.05) is 12.1 Å². The number of aromatic nitrogens is 3. The first-order chi connectivity index (χ1) is 5.97. The molecular formula is C9H5N3Y-2. The Labute approximate surface area is 102 Å². The zero-order valence-corrected chi connectivity index (χ0v) is 9.64. The summed E-state index contributed by atoms with van der Waals surface area (Å²) in [5.74, 6) is 0. The van der Waals surface area contributed by atoms with Crippen LogP contribution in [0.25, 0.3) is 11.1 Å². The van der Waals surface area contributed by atoms with Gasteiger partial charge in [-0.05, 0) is 0 Å². The second-order valence-corrected chi connectivity index (χ2v) is 2.21. The summed E-state index contributed by atoms with van der Waals surface area (Å²) in [6.07, 6.45) is 10.4. The number of hydrogen-bond acceptors (Lipinski definition) is 3. The molecule has 0 amide bonds. The molecule has 2 heterocycles. The van der Waals surface area contributed by atoms with Gasteiger partial charge >= 0.3 is 0 Å². The van der Waals surface area contributed by atoms with Crippen molar-refractivity contribution < 1.29 is 32.7 Å². The van der Waals surface area contributed by atoms with Crippen molar-refractivity contribution in [2.24, 2.45) is 0 Å². The summed E-state index contributed by atoms with van der Waals surface area (Å²) in [6, 6.07) is 3.73. The molecule has 1 radical (unpaired) electrons. The van der Waals surface area contributed by atoms with E-state index < -0.39 is 0 Å². The van der Waals surface area contributed by atoms with Crippen molar-refractivity contribution in [3.63, 3.8) is 0 Å². The quantitative estimate of drug-likeness (QED) is 0.706. The zero-order valence-electron chi connectivity index (χ0n) is 6.81. The van der Waals surface area contributed by atoms with E-state index in [0.717, 1.165) is 11.1 Å². The average Bonchev–Trinajstić information content (AvgIpc) is 2.21. The fraction of sp³-hybridized carbons (Fsp3) is 0. The maximum absolute atomic E-state index is 3.87. The van der Waals surface area contributed by atoms with Crippen LogP contribution in [-0.2, 0) is 32.7 Å². The van der Waals surface area contributed by atoms with E-state index in [-0.39, 0.29) is 32.7 Å². The Bertz CT molecular complexity index is 312. The molecule has 0 aliphatic heterocycles. The van der Waals surface area contributed by atoms with Gasteiger partial charge in [0.15, 0.2) is 0 Å². The molecular weight excluding hydrogens is 239 g/mol. The molecule has 0 N–H and O–H groups in total. The van der Waals surface area contributed by atoms with E-state index in [4.69, 9.17) is 0 Å². The largest absolute Gasteiger partial charge is 0.371 e. The molecule has 0 aliphatic rings. The molecule has 2 aromatic heterocycles. The van der Waals surface area contributed by atoms with E-state index in [2.05, 4.69) is 27.3 Å². The summed E-state index contributed by atoms with van der Waals surface area (Å²) < 4.78 is 0. The van der Waals surface area contributed by atoms with Gasteiger partial charge in [0.2, 0.25) is 0 Å². The molecule has 0 bridgehead atoms. The molecule has 0 fully saturated rings. The van der Waals surface area contributed by atoms with Crippen LogP contribution in [0.15, 0.2) is 30.9 Å². The Kier molecular flexibility index (Phi) is 4.12. The average molecular weight is 244 g/mol. The smallest absolute Gasteiger partial charge is 0.0270 e. The molecule has 0 saturated heterocycles. The molecule has 0 unspecified atom stereocenters. The summed E-state index contributed by atoms with van der Waals surface area (Å²) in [7, 11) is 0. The normalized spacial score (nSPS) is 8.92. The Morgan fingerprint density at radius 2 is 1.92 bits per heavy atom. The molecule has 3 nitrogen and oxygen atoms in total. The van der Waals surface area contributed by atoms with Gasteiger partial charge in [0.25, 0.3) is 0 Å². The second-order valence-electron chi connectivity index (χ2n) is 2.21. The van der Waals surface area contributed by atoms with Crippen LogP contribution < -0.4 is 0 Å². The van der Waals surface area contributed by atoms with Crippen LogP contribution in [0, 0.1) is 12.4 Å². The molecule has 13 heavy (non-hydrogen) atoms. The third-order valence-corrected chi connectivity index (χ3v) is 1.41. The van der Waals surface area contributed by atoms with Crippen molar-refractivity contribution in [2.45, 2.75) is 0 Å². The van der Waals surface area contributed by atoms with Gasteiger partial charge in [0.1, 0.15) is 0 Å². The first kappa shape index (κ1) is 10.4. The van der Waals surface area contributed by atoms with Crippen LogP contribution in [0.4, 0.5) is 0 Å². The van der Waals surface area contributed by atoms with Crippen molar-refractivity contribution in [3.05, 3.63) is 43.2 Å². The Morgan fingerprint density at radius 3 is 2.54 bits per heavy atom. The van der Waals surface area contributed by atoms with Gasteiger partial charge in [-0.15, -0.1) is 6.07 Å². The van der Waals surface area contributed by atoms with Gasteiger partial charge in [-0.3, -0.25) is 0 Å². The summed E-state index contributed by atoms with van der Waals surface area (Å²) >= 11 is 0. The number of hydrogen-bond donors (Lipinski definition) is 0. The van der Waals surface area contributed by atoms with Crippen LogP contribution in [0.3, 0.4) is 0 Å². The van der Waals surface area contributed by atoms with E-state index in [9.17, 15) is 0 Å². The maximum atomic E-state index is 3.87. The van der Waals surface area contributed by atoms with E-state index >= 15 is 0 Å². The first-order valence-electron chi connectivity index (χ1n) is 3.47.